The van der Waals surface area contributed by atoms with Crippen LogP contribution < -0.4 is 20.3 Å². The lowest BCUT2D eigenvalue weighted by atomic mass is 10.1. The summed E-state index contributed by atoms with van der Waals surface area (Å²) < 4.78 is 5.59. The summed E-state index contributed by atoms with van der Waals surface area (Å²) in [4.78, 5) is 26.8. The number of carbonyl (C=O) groups is 2. The van der Waals surface area contributed by atoms with Gasteiger partial charge in [0.2, 0.25) is 0 Å². The number of nitrogens with one attached hydrogen (secondary N) is 2. The molecule has 0 radical (unpaired) electrons. The van der Waals surface area contributed by atoms with Crippen molar-refractivity contribution in [3.63, 3.8) is 0 Å². The van der Waals surface area contributed by atoms with Crippen molar-refractivity contribution < 1.29 is 14.3 Å². The van der Waals surface area contributed by atoms with Crippen LogP contribution in [0, 0.1) is 0 Å². The summed E-state index contributed by atoms with van der Waals surface area (Å²) >= 11 is 5.27. The van der Waals surface area contributed by atoms with Gasteiger partial charge in [-0.3, -0.25) is 14.9 Å². The van der Waals surface area contributed by atoms with Crippen LogP contribution in [0.2, 0.25) is 0 Å². The van der Waals surface area contributed by atoms with Crippen molar-refractivity contribution in [2.45, 2.75) is 26.5 Å². The van der Waals surface area contributed by atoms with E-state index in [-0.39, 0.29) is 23.0 Å². The minimum atomic E-state index is -0.310. The number of rotatable bonds is 5. The third-order valence-corrected chi connectivity index (χ3v) is 5.18. The molecule has 0 aliphatic carbocycles. The van der Waals surface area contributed by atoms with Crippen LogP contribution in [0.3, 0.4) is 0 Å². The highest BCUT2D eigenvalue weighted by Crippen LogP contribution is 2.28. The molecule has 0 saturated carbocycles. The van der Waals surface area contributed by atoms with E-state index in [2.05, 4.69) is 10.6 Å². The lowest BCUT2D eigenvalue weighted by Crippen LogP contribution is -2.34. The standard InChI is InChI=1S/C25H23N3O3S/c1-16(2)31-21-13-7-17(8-14-21)23(29)27-25(32)26-19-9-11-20(12-10-19)28-15-18-5-3-4-6-22(18)24(28)30/h3-14,16H,15H2,1-2H3,(H2,26,27,29,32). The number of hydrogen-bond acceptors (Lipinski definition) is 4. The number of benzene rings is 3. The smallest absolute Gasteiger partial charge is 0.258 e. The Kier molecular flexibility index (Phi) is 6.18. The molecule has 1 heterocycles. The van der Waals surface area contributed by atoms with Crippen molar-refractivity contribution in [3.8, 4) is 5.75 Å². The Morgan fingerprint density at radius 1 is 1.00 bits per heavy atom. The fraction of sp³-hybridized carbons (Fsp3) is 0.160. The minimum Gasteiger partial charge on any atom is -0.491 e. The molecule has 1 aliphatic heterocycles. The van der Waals surface area contributed by atoms with Gasteiger partial charge in [-0.15, -0.1) is 0 Å². The topological polar surface area (TPSA) is 70.7 Å². The zero-order valence-corrected chi connectivity index (χ0v) is 18.6. The van der Waals surface area contributed by atoms with Gasteiger partial charge in [0.15, 0.2) is 5.11 Å². The molecule has 3 aromatic carbocycles. The van der Waals surface area contributed by atoms with Crippen LogP contribution in [0.15, 0.2) is 72.8 Å². The van der Waals surface area contributed by atoms with Gasteiger partial charge >= 0.3 is 0 Å². The van der Waals surface area contributed by atoms with Crippen LogP contribution in [0.5, 0.6) is 5.75 Å². The van der Waals surface area contributed by atoms with E-state index in [1.165, 1.54) is 0 Å². The van der Waals surface area contributed by atoms with Crippen LogP contribution in [-0.2, 0) is 6.54 Å². The summed E-state index contributed by atoms with van der Waals surface area (Å²) in [7, 11) is 0. The predicted molar refractivity (Wildman–Crippen MR) is 129 cm³/mol. The van der Waals surface area contributed by atoms with E-state index >= 15 is 0 Å². The monoisotopic (exact) mass is 445 g/mol. The van der Waals surface area contributed by atoms with Crippen molar-refractivity contribution in [1.82, 2.24) is 5.32 Å². The number of hydrogen-bond donors (Lipinski definition) is 2. The van der Waals surface area contributed by atoms with Gasteiger partial charge in [-0.1, -0.05) is 18.2 Å². The second kappa shape index (κ2) is 9.20. The predicted octanol–water partition coefficient (Wildman–Crippen LogP) is 4.76. The molecule has 6 nitrogen and oxygen atoms in total. The molecule has 3 aromatic rings. The van der Waals surface area contributed by atoms with Crippen molar-refractivity contribution in [2.24, 2.45) is 0 Å². The lowest BCUT2D eigenvalue weighted by Gasteiger charge is -2.17. The maximum Gasteiger partial charge on any atom is 0.258 e. The Labute approximate surface area is 192 Å². The van der Waals surface area contributed by atoms with E-state index < -0.39 is 0 Å². The summed E-state index contributed by atoms with van der Waals surface area (Å²) in [6.45, 7) is 4.44. The number of amides is 2. The van der Waals surface area contributed by atoms with Crippen molar-refractivity contribution in [3.05, 3.63) is 89.5 Å². The number of carbonyl (C=O) groups excluding carboxylic acids is 2. The fourth-order valence-electron chi connectivity index (χ4n) is 3.48. The van der Waals surface area contributed by atoms with Crippen LogP contribution in [-0.4, -0.2) is 23.0 Å². The molecule has 32 heavy (non-hydrogen) atoms. The Morgan fingerprint density at radius 2 is 1.69 bits per heavy atom. The first kappa shape index (κ1) is 21.5. The number of fused-ring (bicyclic) bond motifs is 1. The largest absolute Gasteiger partial charge is 0.491 e. The number of anilines is 2. The van der Waals surface area contributed by atoms with E-state index in [4.69, 9.17) is 17.0 Å². The van der Waals surface area contributed by atoms with Gasteiger partial charge in [0.1, 0.15) is 5.75 Å². The van der Waals surface area contributed by atoms with Gasteiger partial charge < -0.3 is 15.0 Å². The Hall–Kier alpha value is -3.71. The normalized spacial score (nSPS) is 12.5. The summed E-state index contributed by atoms with van der Waals surface area (Å²) in [6.07, 6.45) is 0.0664. The Morgan fingerprint density at radius 3 is 2.34 bits per heavy atom. The first-order chi connectivity index (χ1) is 15.4. The van der Waals surface area contributed by atoms with Crippen LogP contribution in [0.25, 0.3) is 0 Å². The average molecular weight is 446 g/mol. The summed E-state index contributed by atoms with van der Waals surface area (Å²) in [5, 5.41) is 5.86. The molecule has 0 fully saturated rings. The van der Waals surface area contributed by atoms with E-state index in [1.54, 1.807) is 29.2 Å². The Bertz CT molecular complexity index is 1160. The van der Waals surface area contributed by atoms with Gasteiger partial charge in [-0.2, -0.15) is 0 Å². The van der Waals surface area contributed by atoms with Crippen LogP contribution in [0.1, 0.15) is 40.1 Å². The van der Waals surface area contributed by atoms with Crippen molar-refractivity contribution >= 4 is 40.5 Å². The maximum absolute atomic E-state index is 12.6. The molecule has 2 amide bonds. The lowest BCUT2D eigenvalue weighted by molar-refractivity contribution is 0.0974. The van der Waals surface area contributed by atoms with Crippen molar-refractivity contribution in [2.75, 3.05) is 10.2 Å². The highest BCUT2D eigenvalue weighted by atomic mass is 32.1. The maximum atomic E-state index is 12.6. The molecule has 2 N–H and O–H groups in total. The first-order valence-electron chi connectivity index (χ1n) is 10.3. The fourth-order valence-corrected chi connectivity index (χ4v) is 3.69. The minimum absolute atomic E-state index is 0.00564. The highest BCUT2D eigenvalue weighted by Gasteiger charge is 2.27. The van der Waals surface area contributed by atoms with E-state index in [9.17, 15) is 9.59 Å². The molecule has 0 atom stereocenters. The van der Waals surface area contributed by atoms with Gasteiger partial charge in [0, 0.05) is 22.5 Å². The molecular formula is C25H23N3O3S. The first-order valence-corrected chi connectivity index (χ1v) is 10.7. The average Bonchev–Trinajstić information content (AvgIpc) is 3.11. The second-order valence-corrected chi connectivity index (χ2v) is 8.10. The van der Waals surface area contributed by atoms with E-state index in [0.717, 1.165) is 16.8 Å². The van der Waals surface area contributed by atoms with Crippen molar-refractivity contribution in [1.29, 1.82) is 0 Å². The Balaban J connectivity index is 1.34. The molecular weight excluding hydrogens is 422 g/mol. The molecule has 0 bridgehead atoms. The number of nitrogens with zero attached hydrogens (tertiary/aromatic N) is 1. The van der Waals surface area contributed by atoms with Crippen LogP contribution >= 0.6 is 12.2 Å². The summed E-state index contributed by atoms with van der Waals surface area (Å²) in [5.74, 6) is 0.390. The molecule has 7 heteroatoms. The van der Waals surface area contributed by atoms with Gasteiger partial charge in [0.25, 0.3) is 11.8 Å². The quantitative estimate of drug-likeness (QED) is 0.554. The number of thiocarbonyl (C=S) groups is 1. The third-order valence-electron chi connectivity index (χ3n) is 4.97. The molecule has 1 aliphatic rings. The van der Waals surface area contributed by atoms with Gasteiger partial charge in [-0.25, -0.2) is 0 Å². The SMILES string of the molecule is CC(C)Oc1ccc(C(=O)NC(=S)Nc2ccc(N3Cc4ccccc4C3=O)cc2)cc1. The summed E-state index contributed by atoms with van der Waals surface area (Å²) in [5.41, 5.74) is 3.75. The molecule has 0 aromatic heterocycles. The zero-order valence-electron chi connectivity index (χ0n) is 17.8. The van der Waals surface area contributed by atoms with E-state index in [1.807, 2.05) is 62.4 Å². The van der Waals surface area contributed by atoms with E-state index in [0.29, 0.717) is 23.5 Å². The molecule has 0 unspecified atom stereocenters. The highest BCUT2D eigenvalue weighted by molar-refractivity contribution is 7.80. The summed E-state index contributed by atoms with van der Waals surface area (Å²) in [6, 6.07) is 21.9. The second-order valence-electron chi connectivity index (χ2n) is 7.69. The molecule has 4 rings (SSSR count). The molecule has 162 valence electrons. The molecule has 0 spiro atoms. The number of ether oxygens (including phenoxy) is 1. The molecule has 0 saturated heterocycles. The zero-order chi connectivity index (χ0) is 22.7. The van der Waals surface area contributed by atoms with Gasteiger partial charge in [0.05, 0.1) is 12.6 Å². The van der Waals surface area contributed by atoms with Crippen LogP contribution in [0.4, 0.5) is 11.4 Å². The van der Waals surface area contributed by atoms with Gasteiger partial charge in [-0.05, 0) is 86.2 Å². The third kappa shape index (κ3) is 4.78.